The van der Waals surface area contributed by atoms with Gasteiger partial charge in [-0.05, 0) is 38.9 Å². The average molecular weight is 414 g/mol. The van der Waals surface area contributed by atoms with Crippen molar-refractivity contribution in [3.05, 3.63) is 47.7 Å². The fourth-order valence-corrected chi connectivity index (χ4v) is 3.37. The van der Waals surface area contributed by atoms with Crippen molar-refractivity contribution < 1.29 is 4.79 Å². The molecule has 1 saturated heterocycles. The molecule has 0 saturated carbocycles. The standard InChI is InChI=1S/C19H27N5O.2ClH/c1-15-5-3-6-16(11-15)12-24-18(8-9-21-24)22-19(25)14-23-10-4-7-17(13-23)20-2;;/h3,5-6,8-9,11,17,20H,4,7,10,12-14H2,1-2H3,(H,22,25);2*1H. The van der Waals surface area contributed by atoms with Gasteiger partial charge in [0.25, 0.3) is 0 Å². The molecule has 3 rings (SSSR count). The first-order chi connectivity index (χ1) is 12.1. The molecule has 1 unspecified atom stereocenters. The number of amides is 1. The molecule has 2 N–H and O–H groups in total. The Hall–Kier alpha value is -1.60. The van der Waals surface area contributed by atoms with Crippen LogP contribution < -0.4 is 10.6 Å². The van der Waals surface area contributed by atoms with Crippen molar-refractivity contribution in [2.24, 2.45) is 0 Å². The molecular weight excluding hydrogens is 385 g/mol. The normalized spacial score (nSPS) is 16.9. The molecule has 1 fully saturated rings. The van der Waals surface area contributed by atoms with E-state index in [4.69, 9.17) is 0 Å². The van der Waals surface area contributed by atoms with Crippen LogP contribution in [0.5, 0.6) is 0 Å². The van der Waals surface area contributed by atoms with Crippen molar-refractivity contribution in [2.45, 2.75) is 32.4 Å². The summed E-state index contributed by atoms with van der Waals surface area (Å²) in [5.74, 6) is 0.761. The first-order valence-corrected chi connectivity index (χ1v) is 8.91. The summed E-state index contributed by atoms with van der Waals surface area (Å²) in [6.45, 7) is 5.05. The molecule has 0 radical (unpaired) electrons. The Bertz CT molecular complexity index is 722. The van der Waals surface area contributed by atoms with Gasteiger partial charge >= 0.3 is 0 Å². The van der Waals surface area contributed by atoms with E-state index in [1.807, 2.05) is 23.9 Å². The summed E-state index contributed by atoms with van der Waals surface area (Å²) in [7, 11) is 1.98. The zero-order chi connectivity index (χ0) is 17.6. The topological polar surface area (TPSA) is 62.2 Å². The maximum absolute atomic E-state index is 12.4. The molecule has 150 valence electrons. The second kappa shape index (κ2) is 11.3. The third-order valence-electron chi connectivity index (χ3n) is 4.68. The van der Waals surface area contributed by atoms with Crippen molar-refractivity contribution in [1.29, 1.82) is 0 Å². The molecule has 2 heterocycles. The minimum absolute atomic E-state index is 0. The number of benzene rings is 1. The summed E-state index contributed by atoms with van der Waals surface area (Å²) < 4.78 is 1.83. The predicted octanol–water partition coefficient (Wildman–Crippen LogP) is 2.71. The molecule has 8 heteroatoms. The Morgan fingerprint density at radius 1 is 1.30 bits per heavy atom. The van der Waals surface area contributed by atoms with E-state index >= 15 is 0 Å². The van der Waals surface area contributed by atoms with Crippen molar-refractivity contribution in [3.8, 4) is 0 Å². The second-order valence-electron chi connectivity index (χ2n) is 6.77. The lowest BCUT2D eigenvalue weighted by molar-refractivity contribution is -0.117. The molecule has 0 bridgehead atoms. The zero-order valence-electron chi connectivity index (χ0n) is 15.9. The van der Waals surface area contributed by atoms with Crippen LogP contribution in [0.15, 0.2) is 36.5 Å². The van der Waals surface area contributed by atoms with Crippen LogP contribution >= 0.6 is 24.8 Å². The molecule has 1 aliphatic heterocycles. The third kappa shape index (κ3) is 6.81. The quantitative estimate of drug-likeness (QED) is 0.763. The minimum atomic E-state index is 0. The molecule has 0 spiro atoms. The molecule has 2 aromatic rings. The number of nitrogens with one attached hydrogen (secondary N) is 2. The van der Waals surface area contributed by atoms with Gasteiger partial charge < -0.3 is 10.6 Å². The van der Waals surface area contributed by atoms with Crippen LogP contribution in [0.1, 0.15) is 24.0 Å². The lowest BCUT2D eigenvalue weighted by atomic mass is 10.1. The molecule has 1 aromatic heterocycles. The molecule has 1 aromatic carbocycles. The third-order valence-corrected chi connectivity index (χ3v) is 4.68. The summed E-state index contributed by atoms with van der Waals surface area (Å²) in [6.07, 6.45) is 4.03. The number of nitrogens with zero attached hydrogens (tertiary/aromatic N) is 3. The maximum atomic E-state index is 12.4. The van der Waals surface area contributed by atoms with Gasteiger partial charge in [0.05, 0.1) is 19.3 Å². The fraction of sp³-hybridized carbons (Fsp3) is 0.474. The molecule has 1 amide bonds. The van der Waals surface area contributed by atoms with Gasteiger partial charge in [0.2, 0.25) is 5.91 Å². The lowest BCUT2D eigenvalue weighted by Crippen LogP contribution is -2.47. The largest absolute Gasteiger partial charge is 0.316 e. The van der Waals surface area contributed by atoms with Crippen LogP contribution in [0.3, 0.4) is 0 Å². The van der Waals surface area contributed by atoms with Gasteiger partial charge in [-0.2, -0.15) is 5.10 Å². The van der Waals surface area contributed by atoms with Crippen molar-refractivity contribution in [2.75, 3.05) is 32.0 Å². The van der Waals surface area contributed by atoms with E-state index < -0.39 is 0 Å². The van der Waals surface area contributed by atoms with Gasteiger partial charge in [-0.3, -0.25) is 9.69 Å². The van der Waals surface area contributed by atoms with Crippen molar-refractivity contribution in [3.63, 3.8) is 0 Å². The first-order valence-electron chi connectivity index (χ1n) is 8.91. The van der Waals surface area contributed by atoms with Crippen LogP contribution in [0, 0.1) is 6.92 Å². The number of likely N-dealkylation sites (N-methyl/N-ethyl adjacent to an activating group) is 1. The predicted molar refractivity (Wildman–Crippen MR) is 114 cm³/mol. The summed E-state index contributed by atoms with van der Waals surface area (Å²) >= 11 is 0. The number of carbonyl (C=O) groups excluding carboxylic acids is 1. The van der Waals surface area contributed by atoms with E-state index in [0.29, 0.717) is 19.1 Å². The summed E-state index contributed by atoms with van der Waals surface area (Å²) in [5, 5.41) is 10.7. The number of piperidine rings is 1. The number of carbonyl (C=O) groups is 1. The Kier molecular flexibility index (Phi) is 9.80. The number of likely N-dealkylation sites (tertiary alicyclic amines) is 1. The van der Waals surface area contributed by atoms with Gasteiger partial charge in [-0.15, -0.1) is 24.8 Å². The van der Waals surface area contributed by atoms with Crippen molar-refractivity contribution in [1.82, 2.24) is 20.0 Å². The van der Waals surface area contributed by atoms with Crippen LogP contribution in [-0.4, -0.2) is 53.3 Å². The highest BCUT2D eigenvalue weighted by Crippen LogP contribution is 2.13. The zero-order valence-corrected chi connectivity index (χ0v) is 17.5. The van der Waals surface area contributed by atoms with E-state index in [9.17, 15) is 4.79 Å². The van der Waals surface area contributed by atoms with E-state index in [2.05, 4.69) is 45.8 Å². The number of halogens is 2. The van der Waals surface area contributed by atoms with Crippen LogP contribution in [0.2, 0.25) is 0 Å². The summed E-state index contributed by atoms with van der Waals surface area (Å²) in [4.78, 5) is 14.6. The first kappa shape index (κ1) is 23.4. The Balaban J connectivity index is 0.00000182. The molecule has 0 aliphatic carbocycles. The Morgan fingerprint density at radius 2 is 2.11 bits per heavy atom. The number of aryl methyl sites for hydroxylation is 1. The lowest BCUT2D eigenvalue weighted by Gasteiger charge is -2.31. The molecular formula is C19H29Cl2N5O. The van der Waals surface area contributed by atoms with Crippen molar-refractivity contribution >= 4 is 36.5 Å². The number of hydrogen-bond acceptors (Lipinski definition) is 4. The van der Waals surface area contributed by atoms with E-state index in [1.54, 1.807) is 6.20 Å². The minimum Gasteiger partial charge on any atom is -0.316 e. The second-order valence-corrected chi connectivity index (χ2v) is 6.77. The van der Waals surface area contributed by atoms with Gasteiger partial charge in [0.15, 0.2) is 0 Å². The monoisotopic (exact) mass is 413 g/mol. The van der Waals surface area contributed by atoms with Crippen LogP contribution in [0.25, 0.3) is 0 Å². The molecule has 1 atom stereocenters. The SMILES string of the molecule is CNC1CCCN(CC(=O)Nc2ccnn2Cc2cccc(C)c2)C1.Cl.Cl. The van der Waals surface area contributed by atoms with Gasteiger partial charge in [-0.1, -0.05) is 29.8 Å². The number of aromatic nitrogens is 2. The van der Waals surface area contributed by atoms with Gasteiger partial charge in [0, 0.05) is 18.7 Å². The highest BCUT2D eigenvalue weighted by Gasteiger charge is 2.20. The van der Waals surface area contributed by atoms with Gasteiger partial charge in [-0.25, -0.2) is 4.68 Å². The highest BCUT2D eigenvalue weighted by molar-refractivity contribution is 5.91. The van der Waals surface area contributed by atoms with E-state index in [1.165, 1.54) is 17.5 Å². The molecule has 6 nitrogen and oxygen atoms in total. The fourth-order valence-electron chi connectivity index (χ4n) is 3.37. The number of rotatable bonds is 6. The molecule has 27 heavy (non-hydrogen) atoms. The number of hydrogen-bond donors (Lipinski definition) is 2. The van der Waals surface area contributed by atoms with Crippen LogP contribution in [-0.2, 0) is 11.3 Å². The Labute approximate surface area is 173 Å². The highest BCUT2D eigenvalue weighted by atomic mass is 35.5. The average Bonchev–Trinajstić information content (AvgIpc) is 3.01. The van der Waals surface area contributed by atoms with Gasteiger partial charge in [0.1, 0.15) is 5.82 Å². The summed E-state index contributed by atoms with van der Waals surface area (Å²) in [6, 6.07) is 10.7. The summed E-state index contributed by atoms with van der Waals surface area (Å²) in [5.41, 5.74) is 2.39. The van der Waals surface area contributed by atoms with E-state index in [0.717, 1.165) is 25.3 Å². The molecule has 1 aliphatic rings. The smallest absolute Gasteiger partial charge is 0.239 e. The van der Waals surface area contributed by atoms with Crippen LogP contribution in [0.4, 0.5) is 5.82 Å². The maximum Gasteiger partial charge on any atom is 0.239 e. The number of anilines is 1. The Morgan fingerprint density at radius 3 is 2.85 bits per heavy atom. The van der Waals surface area contributed by atoms with E-state index in [-0.39, 0.29) is 30.7 Å².